The first-order valence-corrected chi connectivity index (χ1v) is 4.52. The molecule has 0 aliphatic heterocycles. The third-order valence-electron chi connectivity index (χ3n) is 1.16. The molecule has 0 bridgehead atoms. The van der Waals surface area contributed by atoms with E-state index in [2.05, 4.69) is 32.1 Å². The Morgan fingerprint density at radius 3 is 2.00 bits per heavy atom. The molecule has 1 rings (SSSR count). The molecule has 1 aromatic carbocycles. The molecule has 0 nitrogen and oxygen atoms in total. The van der Waals surface area contributed by atoms with Crippen molar-refractivity contribution in [2.45, 2.75) is 27.2 Å². The summed E-state index contributed by atoms with van der Waals surface area (Å²) in [4.78, 5) is 0. The van der Waals surface area contributed by atoms with Crippen LogP contribution < -0.4 is 0 Å². The van der Waals surface area contributed by atoms with Gasteiger partial charge in [-0.3, -0.25) is 0 Å². The minimum Gasteiger partial charge on any atom is -0.0871 e. The first kappa shape index (κ1) is 11.0. The van der Waals surface area contributed by atoms with E-state index < -0.39 is 0 Å². The van der Waals surface area contributed by atoms with Crippen LogP contribution in [-0.2, 0) is 0 Å². The third-order valence-corrected chi connectivity index (χ3v) is 1.16. The summed E-state index contributed by atoms with van der Waals surface area (Å²) in [6.07, 6.45) is 5.37. The zero-order valence-electron chi connectivity index (χ0n) is 8.25. The molecule has 0 heterocycles. The second-order valence-electron chi connectivity index (χ2n) is 2.62. The van der Waals surface area contributed by atoms with Crippen LogP contribution in [0.5, 0.6) is 0 Å². The van der Waals surface area contributed by atoms with Gasteiger partial charge < -0.3 is 0 Å². The SMILES string of the molecule is C/C=C/c1ccccc1.CCC. The van der Waals surface area contributed by atoms with Gasteiger partial charge in [0.2, 0.25) is 0 Å². The Balaban J connectivity index is 0.000000354. The summed E-state index contributed by atoms with van der Waals surface area (Å²) >= 11 is 0. The molecule has 0 heteroatoms. The van der Waals surface area contributed by atoms with Crippen molar-refractivity contribution in [2.24, 2.45) is 0 Å². The highest BCUT2D eigenvalue weighted by atomic mass is 13.8. The Hall–Kier alpha value is -1.04. The predicted molar refractivity (Wildman–Crippen MR) is 57.1 cm³/mol. The molecule has 1 aromatic rings. The summed E-state index contributed by atoms with van der Waals surface area (Å²) in [5, 5.41) is 0. The predicted octanol–water partition coefficient (Wildman–Crippen LogP) is 4.14. The third kappa shape index (κ3) is 5.72. The normalized spacial score (nSPS) is 9.25. The Morgan fingerprint density at radius 2 is 1.58 bits per heavy atom. The fourth-order valence-electron chi connectivity index (χ4n) is 0.757. The van der Waals surface area contributed by atoms with Gasteiger partial charge in [0.1, 0.15) is 0 Å². The van der Waals surface area contributed by atoms with Gasteiger partial charge in [0.25, 0.3) is 0 Å². The van der Waals surface area contributed by atoms with Crippen molar-refractivity contribution in [3.63, 3.8) is 0 Å². The maximum atomic E-state index is 2.12. The Bertz CT molecular complexity index is 197. The summed E-state index contributed by atoms with van der Waals surface area (Å²) < 4.78 is 0. The number of hydrogen-bond donors (Lipinski definition) is 0. The maximum Gasteiger partial charge on any atom is -0.0260 e. The lowest BCUT2D eigenvalue weighted by Crippen LogP contribution is -1.65. The van der Waals surface area contributed by atoms with Gasteiger partial charge in [-0.15, -0.1) is 0 Å². The van der Waals surface area contributed by atoms with Crippen molar-refractivity contribution < 1.29 is 0 Å². The van der Waals surface area contributed by atoms with Crippen LogP contribution in [-0.4, -0.2) is 0 Å². The zero-order chi connectivity index (χ0) is 9.23. The molecule has 0 saturated heterocycles. The van der Waals surface area contributed by atoms with Crippen molar-refractivity contribution in [2.75, 3.05) is 0 Å². The van der Waals surface area contributed by atoms with Crippen LogP contribution in [0.25, 0.3) is 6.08 Å². The maximum absolute atomic E-state index is 2.12. The van der Waals surface area contributed by atoms with Crippen LogP contribution in [0.15, 0.2) is 36.4 Å². The molecular formula is C12H18. The van der Waals surface area contributed by atoms with E-state index in [0.717, 1.165) is 0 Å². The molecule has 12 heavy (non-hydrogen) atoms. The van der Waals surface area contributed by atoms with Crippen LogP contribution in [0.2, 0.25) is 0 Å². The molecule has 0 aromatic heterocycles. The van der Waals surface area contributed by atoms with Gasteiger partial charge in [-0.25, -0.2) is 0 Å². The largest absolute Gasteiger partial charge is 0.0871 e. The van der Waals surface area contributed by atoms with Crippen LogP contribution >= 0.6 is 0 Å². The molecular weight excluding hydrogens is 144 g/mol. The molecule has 0 saturated carbocycles. The van der Waals surface area contributed by atoms with Crippen LogP contribution in [0.3, 0.4) is 0 Å². The molecule has 0 amide bonds. The van der Waals surface area contributed by atoms with E-state index in [1.165, 1.54) is 12.0 Å². The summed E-state index contributed by atoms with van der Waals surface area (Å²) in [6, 6.07) is 10.3. The minimum atomic E-state index is 1.25. The minimum absolute atomic E-state index is 1.25. The topological polar surface area (TPSA) is 0 Å². The van der Waals surface area contributed by atoms with E-state index in [1.807, 2.05) is 31.2 Å². The average Bonchev–Trinajstić information content (AvgIpc) is 2.08. The highest BCUT2D eigenvalue weighted by Crippen LogP contribution is 1.99. The summed E-state index contributed by atoms with van der Waals surface area (Å²) in [5.74, 6) is 0. The van der Waals surface area contributed by atoms with E-state index in [4.69, 9.17) is 0 Å². The van der Waals surface area contributed by atoms with Crippen LogP contribution in [0.4, 0.5) is 0 Å². The monoisotopic (exact) mass is 162 g/mol. The summed E-state index contributed by atoms with van der Waals surface area (Å²) in [5.41, 5.74) is 1.26. The van der Waals surface area contributed by atoms with Crippen LogP contribution in [0, 0.1) is 0 Å². The van der Waals surface area contributed by atoms with E-state index in [1.54, 1.807) is 0 Å². The molecule has 0 unspecified atom stereocenters. The van der Waals surface area contributed by atoms with Crippen LogP contribution in [0.1, 0.15) is 32.8 Å². The highest BCUT2D eigenvalue weighted by Gasteiger charge is 1.77. The van der Waals surface area contributed by atoms with Gasteiger partial charge >= 0.3 is 0 Å². The molecule has 0 radical (unpaired) electrons. The second-order valence-corrected chi connectivity index (χ2v) is 2.62. The van der Waals surface area contributed by atoms with Crippen molar-refractivity contribution in [3.05, 3.63) is 42.0 Å². The molecule has 0 fully saturated rings. The Kier molecular flexibility index (Phi) is 7.36. The van der Waals surface area contributed by atoms with Gasteiger partial charge in [-0.05, 0) is 12.5 Å². The van der Waals surface area contributed by atoms with Gasteiger partial charge in [0.15, 0.2) is 0 Å². The second kappa shape index (κ2) is 8.06. The molecule has 0 spiro atoms. The van der Waals surface area contributed by atoms with Gasteiger partial charge in [0.05, 0.1) is 0 Å². The molecule has 0 atom stereocenters. The zero-order valence-corrected chi connectivity index (χ0v) is 8.25. The quantitative estimate of drug-likeness (QED) is 0.582. The summed E-state index contributed by atoms with van der Waals surface area (Å²) in [6.45, 7) is 6.27. The number of rotatable bonds is 1. The van der Waals surface area contributed by atoms with Crippen molar-refractivity contribution in [1.82, 2.24) is 0 Å². The molecule has 66 valence electrons. The number of hydrogen-bond acceptors (Lipinski definition) is 0. The van der Waals surface area contributed by atoms with E-state index in [0.29, 0.717) is 0 Å². The Labute approximate surface area is 75.9 Å². The lowest BCUT2D eigenvalue weighted by Gasteiger charge is -1.86. The van der Waals surface area contributed by atoms with Gasteiger partial charge in [-0.2, -0.15) is 0 Å². The highest BCUT2D eigenvalue weighted by molar-refractivity contribution is 5.47. The first-order chi connectivity index (χ1) is 5.85. The van der Waals surface area contributed by atoms with Gasteiger partial charge in [-0.1, -0.05) is 62.8 Å². The van der Waals surface area contributed by atoms with Crippen molar-refractivity contribution >= 4 is 6.08 Å². The first-order valence-electron chi connectivity index (χ1n) is 4.52. The van der Waals surface area contributed by atoms with E-state index in [9.17, 15) is 0 Å². The standard InChI is InChI=1S/C9H10.C3H8/c1-2-6-9-7-4-3-5-8-9;1-3-2/h2-8H,1H3;3H2,1-2H3/b6-2+;. The van der Waals surface area contributed by atoms with E-state index >= 15 is 0 Å². The number of benzene rings is 1. The van der Waals surface area contributed by atoms with Gasteiger partial charge in [0, 0.05) is 0 Å². The number of allylic oxidation sites excluding steroid dienone is 1. The molecule has 0 aliphatic rings. The Morgan fingerprint density at radius 1 is 1.08 bits per heavy atom. The fourth-order valence-corrected chi connectivity index (χ4v) is 0.757. The average molecular weight is 162 g/mol. The smallest absolute Gasteiger partial charge is 0.0260 e. The van der Waals surface area contributed by atoms with E-state index in [-0.39, 0.29) is 0 Å². The molecule has 0 N–H and O–H groups in total. The fraction of sp³-hybridized carbons (Fsp3) is 0.333. The molecule has 0 aliphatic carbocycles. The van der Waals surface area contributed by atoms with Crippen molar-refractivity contribution in [3.8, 4) is 0 Å². The summed E-state index contributed by atoms with van der Waals surface area (Å²) in [7, 11) is 0. The lowest BCUT2D eigenvalue weighted by atomic mass is 10.2. The lowest BCUT2D eigenvalue weighted by molar-refractivity contribution is 1.09. The van der Waals surface area contributed by atoms with Crippen molar-refractivity contribution in [1.29, 1.82) is 0 Å².